The highest BCUT2D eigenvalue weighted by atomic mass is 32.2. The summed E-state index contributed by atoms with van der Waals surface area (Å²) in [5.41, 5.74) is 5.31. The van der Waals surface area contributed by atoms with E-state index in [2.05, 4.69) is 10.9 Å². The van der Waals surface area contributed by atoms with Crippen LogP contribution in [-0.4, -0.2) is 33.5 Å². The Kier molecular flexibility index (Phi) is 6.73. The zero-order chi connectivity index (χ0) is 20.8. The van der Waals surface area contributed by atoms with Crippen LogP contribution in [0.15, 0.2) is 59.5 Å². The van der Waals surface area contributed by atoms with E-state index in [1.54, 1.807) is 48.5 Å². The van der Waals surface area contributed by atoms with Crippen molar-refractivity contribution in [1.29, 1.82) is 0 Å². The normalized spacial score (nSPS) is 14.9. The number of thiocarbonyl (C=S) groups is 1. The lowest BCUT2D eigenvalue weighted by molar-refractivity contribution is -0.124. The summed E-state index contributed by atoms with van der Waals surface area (Å²) in [6.07, 6.45) is 1.38. The Balaban J connectivity index is 1.53. The standard InChI is InChI=1S/C20H16FN3O3S2/c21-15-9-5-4-8-14(15)12-16-19(27)24(20(28)29-16)11-10-17(25)22-23-18(26)13-6-2-1-3-7-13/h1-9,12H,10-11H2,(H,22,25)(H,23,26)/b16-12+. The first kappa shape index (κ1) is 20.7. The second-order valence-electron chi connectivity index (χ2n) is 5.97. The molecule has 29 heavy (non-hydrogen) atoms. The van der Waals surface area contributed by atoms with Gasteiger partial charge in [-0.25, -0.2) is 4.39 Å². The Bertz CT molecular complexity index is 995. The van der Waals surface area contributed by atoms with Gasteiger partial charge in [-0.3, -0.25) is 30.1 Å². The quantitative estimate of drug-likeness (QED) is 0.434. The van der Waals surface area contributed by atoms with Gasteiger partial charge in [0.15, 0.2) is 0 Å². The van der Waals surface area contributed by atoms with E-state index >= 15 is 0 Å². The van der Waals surface area contributed by atoms with E-state index in [1.807, 2.05) is 0 Å². The van der Waals surface area contributed by atoms with Crippen molar-refractivity contribution >= 4 is 52.1 Å². The lowest BCUT2D eigenvalue weighted by Crippen LogP contribution is -2.43. The number of hydrogen-bond acceptors (Lipinski definition) is 5. The predicted octanol–water partition coefficient (Wildman–Crippen LogP) is 2.88. The molecule has 1 fully saturated rings. The minimum absolute atomic E-state index is 0.0479. The average molecular weight is 429 g/mol. The van der Waals surface area contributed by atoms with Crippen LogP contribution in [0.1, 0.15) is 22.3 Å². The third-order valence-electron chi connectivity index (χ3n) is 3.98. The van der Waals surface area contributed by atoms with Crippen molar-refractivity contribution in [3.05, 3.63) is 76.4 Å². The zero-order valence-corrected chi connectivity index (χ0v) is 16.7. The molecule has 9 heteroatoms. The van der Waals surface area contributed by atoms with Gasteiger partial charge in [0.25, 0.3) is 11.8 Å². The molecule has 1 saturated heterocycles. The summed E-state index contributed by atoms with van der Waals surface area (Å²) in [5, 5.41) is 0. The first-order valence-corrected chi connectivity index (χ1v) is 9.82. The Hall–Kier alpha value is -3.04. The predicted molar refractivity (Wildman–Crippen MR) is 113 cm³/mol. The maximum atomic E-state index is 13.8. The fraction of sp³-hybridized carbons (Fsp3) is 0.100. The van der Waals surface area contributed by atoms with Crippen LogP contribution >= 0.6 is 24.0 Å². The fourth-order valence-electron chi connectivity index (χ4n) is 2.49. The molecule has 0 aliphatic carbocycles. The first-order valence-electron chi connectivity index (χ1n) is 8.60. The van der Waals surface area contributed by atoms with E-state index in [1.165, 1.54) is 17.0 Å². The number of thioether (sulfide) groups is 1. The van der Waals surface area contributed by atoms with Gasteiger partial charge in [0.2, 0.25) is 5.91 Å². The van der Waals surface area contributed by atoms with Crippen molar-refractivity contribution in [1.82, 2.24) is 15.8 Å². The molecule has 2 N–H and O–H groups in total. The topological polar surface area (TPSA) is 78.5 Å². The molecular formula is C20H16FN3O3S2. The molecular weight excluding hydrogens is 413 g/mol. The molecule has 3 rings (SSSR count). The van der Waals surface area contributed by atoms with E-state index in [-0.39, 0.29) is 29.3 Å². The number of hydrogen-bond donors (Lipinski definition) is 2. The van der Waals surface area contributed by atoms with Gasteiger partial charge in [-0.2, -0.15) is 0 Å². The van der Waals surface area contributed by atoms with E-state index in [4.69, 9.17) is 12.2 Å². The van der Waals surface area contributed by atoms with Gasteiger partial charge in [0.1, 0.15) is 10.1 Å². The number of halogens is 1. The molecule has 2 aromatic carbocycles. The van der Waals surface area contributed by atoms with E-state index in [9.17, 15) is 18.8 Å². The number of benzene rings is 2. The summed E-state index contributed by atoms with van der Waals surface area (Å²) >= 11 is 6.25. The number of nitrogens with zero attached hydrogens (tertiary/aromatic N) is 1. The van der Waals surface area contributed by atoms with E-state index < -0.39 is 17.6 Å². The third-order valence-corrected chi connectivity index (χ3v) is 5.36. The fourth-order valence-corrected chi connectivity index (χ4v) is 3.79. The molecule has 0 aromatic heterocycles. The molecule has 0 spiro atoms. The van der Waals surface area contributed by atoms with Crippen LogP contribution in [-0.2, 0) is 9.59 Å². The molecule has 148 valence electrons. The largest absolute Gasteiger partial charge is 0.292 e. The van der Waals surface area contributed by atoms with Gasteiger partial charge in [-0.1, -0.05) is 60.4 Å². The Morgan fingerprint density at radius 3 is 2.48 bits per heavy atom. The minimum Gasteiger partial charge on any atom is -0.292 e. The molecule has 2 aromatic rings. The molecule has 6 nitrogen and oxygen atoms in total. The van der Waals surface area contributed by atoms with Gasteiger partial charge in [0, 0.05) is 24.1 Å². The monoisotopic (exact) mass is 429 g/mol. The Morgan fingerprint density at radius 1 is 1.07 bits per heavy atom. The van der Waals surface area contributed by atoms with Crippen LogP contribution in [0.3, 0.4) is 0 Å². The highest BCUT2D eigenvalue weighted by Crippen LogP contribution is 2.32. The lowest BCUT2D eigenvalue weighted by atomic mass is 10.2. The minimum atomic E-state index is -0.471. The second-order valence-corrected chi connectivity index (χ2v) is 7.65. The van der Waals surface area contributed by atoms with Crippen molar-refractivity contribution in [2.24, 2.45) is 0 Å². The van der Waals surface area contributed by atoms with Gasteiger partial charge in [0.05, 0.1) is 4.91 Å². The molecule has 0 saturated carbocycles. The third kappa shape index (κ3) is 5.27. The molecule has 1 aliphatic rings. The summed E-state index contributed by atoms with van der Waals surface area (Å²) in [6, 6.07) is 14.5. The van der Waals surface area contributed by atoms with Gasteiger partial charge in [-0.15, -0.1) is 0 Å². The van der Waals surface area contributed by atoms with Gasteiger partial charge >= 0.3 is 0 Å². The van der Waals surface area contributed by atoms with Gasteiger partial charge in [-0.05, 0) is 24.3 Å². The maximum Gasteiger partial charge on any atom is 0.269 e. The van der Waals surface area contributed by atoms with Crippen molar-refractivity contribution in [2.75, 3.05) is 6.54 Å². The van der Waals surface area contributed by atoms with Crippen molar-refractivity contribution in [3.8, 4) is 0 Å². The van der Waals surface area contributed by atoms with Crippen LogP contribution in [0.2, 0.25) is 0 Å². The molecule has 0 unspecified atom stereocenters. The van der Waals surface area contributed by atoms with Crippen LogP contribution in [0.4, 0.5) is 4.39 Å². The van der Waals surface area contributed by atoms with E-state index in [0.29, 0.717) is 9.88 Å². The molecule has 1 aliphatic heterocycles. The summed E-state index contributed by atoms with van der Waals surface area (Å²) in [5.74, 6) is -1.74. The summed E-state index contributed by atoms with van der Waals surface area (Å²) in [4.78, 5) is 38.0. The first-order chi connectivity index (χ1) is 14.0. The Labute approximate surface area is 176 Å². The van der Waals surface area contributed by atoms with Crippen LogP contribution < -0.4 is 10.9 Å². The zero-order valence-electron chi connectivity index (χ0n) is 15.1. The SMILES string of the molecule is O=C(CCN1C(=O)/C(=C\c2ccccc2F)SC1=S)NNC(=O)c1ccccc1. The van der Waals surface area contributed by atoms with Crippen molar-refractivity contribution < 1.29 is 18.8 Å². The Morgan fingerprint density at radius 2 is 1.76 bits per heavy atom. The average Bonchev–Trinajstić information content (AvgIpc) is 2.99. The van der Waals surface area contributed by atoms with Crippen LogP contribution in [0.5, 0.6) is 0 Å². The number of amides is 3. The number of carbonyl (C=O) groups excluding carboxylic acids is 3. The molecule has 0 bridgehead atoms. The van der Waals surface area contributed by atoms with Crippen LogP contribution in [0, 0.1) is 5.82 Å². The smallest absolute Gasteiger partial charge is 0.269 e. The summed E-state index contributed by atoms with van der Waals surface area (Å²) in [6.45, 7) is 0.0479. The van der Waals surface area contributed by atoms with Crippen molar-refractivity contribution in [2.45, 2.75) is 6.42 Å². The summed E-state index contributed by atoms with van der Waals surface area (Å²) < 4.78 is 14.1. The molecule has 0 atom stereocenters. The molecule has 0 radical (unpaired) electrons. The maximum absolute atomic E-state index is 13.8. The highest BCUT2D eigenvalue weighted by molar-refractivity contribution is 8.26. The second kappa shape index (κ2) is 9.44. The lowest BCUT2D eigenvalue weighted by Gasteiger charge is -2.14. The van der Waals surface area contributed by atoms with Crippen LogP contribution in [0.25, 0.3) is 6.08 Å². The van der Waals surface area contributed by atoms with Gasteiger partial charge < -0.3 is 0 Å². The number of hydrazine groups is 1. The summed E-state index contributed by atoms with van der Waals surface area (Å²) in [7, 11) is 0. The molecule has 1 heterocycles. The molecule has 3 amide bonds. The number of rotatable bonds is 5. The van der Waals surface area contributed by atoms with E-state index in [0.717, 1.165) is 11.8 Å². The van der Waals surface area contributed by atoms with Crippen molar-refractivity contribution in [3.63, 3.8) is 0 Å². The number of nitrogens with one attached hydrogen (secondary N) is 2. The number of carbonyl (C=O) groups is 3. The highest BCUT2D eigenvalue weighted by Gasteiger charge is 2.32.